The van der Waals surface area contributed by atoms with E-state index in [-0.39, 0.29) is 17.6 Å². The summed E-state index contributed by atoms with van der Waals surface area (Å²) in [6, 6.07) is 10.5. The number of hydrogen-bond donors (Lipinski definition) is 2. The van der Waals surface area contributed by atoms with Crippen molar-refractivity contribution in [1.82, 2.24) is 20.5 Å². The number of nitrogens with zero attached hydrogens (tertiary/aromatic N) is 3. The molecule has 1 unspecified atom stereocenters. The topological polar surface area (TPSA) is 59.0 Å². The fourth-order valence-corrected chi connectivity index (χ4v) is 3.92. The lowest BCUT2D eigenvalue weighted by Crippen LogP contribution is -2.58. The largest absolute Gasteiger partial charge is 0.509 e. The van der Waals surface area contributed by atoms with Gasteiger partial charge in [0, 0.05) is 45.1 Å². The van der Waals surface area contributed by atoms with E-state index < -0.39 is 0 Å². The van der Waals surface area contributed by atoms with E-state index in [1.165, 1.54) is 10.6 Å². The monoisotopic (exact) mass is 422 g/mol. The maximum Gasteiger partial charge on any atom is 0.242 e. The molecule has 0 bridgehead atoms. The summed E-state index contributed by atoms with van der Waals surface area (Å²) in [4.78, 5) is 15.3. The van der Waals surface area contributed by atoms with Crippen LogP contribution in [-0.4, -0.2) is 52.1 Å². The van der Waals surface area contributed by atoms with E-state index >= 15 is 0 Å². The van der Waals surface area contributed by atoms with Crippen LogP contribution in [0.25, 0.3) is 0 Å². The number of carbonyl (C=O) groups excluding carboxylic acids is 1. The van der Waals surface area contributed by atoms with Crippen molar-refractivity contribution in [3.05, 3.63) is 84.3 Å². The van der Waals surface area contributed by atoms with Crippen LogP contribution in [0.15, 0.2) is 78.7 Å². The fourth-order valence-electron chi connectivity index (χ4n) is 3.92. The first-order valence-corrected chi connectivity index (χ1v) is 11.0. The molecule has 0 saturated carbocycles. The lowest BCUT2D eigenvalue weighted by molar-refractivity contribution is -0.138. The van der Waals surface area contributed by atoms with E-state index in [0.717, 1.165) is 44.7 Å². The van der Waals surface area contributed by atoms with Gasteiger partial charge in [-0.1, -0.05) is 56.0 Å². The van der Waals surface area contributed by atoms with Crippen LogP contribution < -0.4 is 5.53 Å². The molecule has 0 radical (unpaired) electrons. The highest BCUT2D eigenvalue weighted by Gasteiger charge is 2.29. The molecule has 1 heterocycles. The molecule has 166 valence electrons. The van der Waals surface area contributed by atoms with Gasteiger partial charge < -0.3 is 5.11 Å². The van der Waals surface area contributed by atoms with Crippen molar-refractivity contribution in [2.45, 2.75) is 32.7 Å². The molecule has 0 spiro atoms. The number of nitrogens with one attached hydrogen (secondary N) is 1. The Morgan fingerprint density at radius 1 is 1.23 bits per heavy atom. The van der Waals surface area contributed by atoms with Crippen molar-refractivity contribution in [3.8, 4) is 0 Å². The van der Waals surface area contributed by atoms with E-state index in [1.807, 2.05) is 19.1 Å². The van der Waals surface area contributed by atoms with E-state index in [1.54, 1.807) is 12.2 Å². The van der Waals surface area contributed by atoms with Crippen LogP contribution in [0.2, 0.25) is 0 Å². The Bertz CT molecular complexity index is 838. The molecule has 1 aliphatic heterocycles. The molecule has 1 aromatic rings. The van der Waals surface area contributed by atoms with Crippen LogP contribution in [0.5, 0.6) is 0 Å². The van der Waals surface area contributed by atoms with E-state index in [2.05, 4.69) is 52.9 Å². The van der Waals surface area contributed by atoms with Crippen LogP contribution in [-0.2, 0) is 11.3 Å². The standard InChI is InChI=1S/C25H34N4O2/c1-4-9-22-20(3)13-14-23(25(22)31)29(24(30)10-5-2)26-28-17-15-27(16-18-28)19-21-11-7-6-8-12-21/h4,6-8,11-14,22,26,31H,1,3,5,9-10,15-19H2,2H3. The van der Waals surface area contributed by atoms with Gasteiger partial charge in [-0.3, -0.25) is 9.69 Å². The highest BCUT2D eigenvalue weighted by molar-refractivity contribution is 5.78. The van der Waals surface area contributed by atoms with Gasteiger partial charge in [-0.15, -0.1) is 6.58 Å². The Labute approximate surface area is 185 Å². The lowest BCUT2D eigenvalue weighted by atomic mass is 9.89. The zero-order chi connectivity index (χ0) is 22.2. The number of allylic oxidation sites excluding steroid dienone is 4. The molecule has 1 atom stereocenters. The number of aliphatic hydroxyl groups is 1. The SMILES string of the molecule is C=CCC1C(=C)C=CC(N(NN2CCN(Cc3ccccc3)CC2)C(=O)CCC)=C1O. The Morgan fingerprint density at radius 3 is 2.58 bits per heavy atom. The number of amides is 1. The van der Waals surface area contributed by atoms with Crippen molar-refractivity contribution in [2.24, 2.45) is 5.92 Å². The number of hydrazine groups is 2. The number of benzene rings is 1. The molecule has 1 fully saturated rings. The van der Waals surface area contributed by atoms with Gasteiger partial charge in [-0.2, -0.15) is 5.53 Å². The van der Waals surface area contributed by atoms with Gasteiger partial charge in [0.05, 0.1) is 0 Å². The first-order chi connectivity index (χ1) is 15.0. The van der Waals surface area contributed by atoms with Crippen LogP contribution in [0.4, 0.5) is 0 Å². The Kier molecular flexibility index (Phi) is 8.23. The second-order valence-electron chi connectivity index (χ2n) is 8.08. The molecular formula is C25H34N4O2. The number of aliphatic hydroxyl groups excluding tert-OH is 1. The van der Waals surface area contributed by atoms with Gasteiger partial charge in [0.1, 0.15) is 11.5 Å². The lowest BCUT2D eigenvalue weighted by Gasteiger charge is -2.39. The van der Waals surface area contributed by atoms with E-state index in [4.69, 9.17) is 0 Å². The van der Waals surface area contributed by atoms with E-state index in [9.17, 15) is 9.90 Å². The number of piperazine rings is 1. The normalized spacial score (nSPS) is 20.2. The minimum atomic E-state index is -0.251. The average Bonchev–Trinajstić information content (AvgIpc) is 2.77. The van der Waals surface area contributed by atoms with Crippen LogP contribution >= 0.6 is 0 Å². The van der Waals surface area contributed by atoms with Gasteiger partial charge in [0.2, 0.25) is 5.91 Å². The molecule has 0 aromatic heterocycles. The minimum Gasteiger partial charge on any atom is -0.509 e. The Balaban J connectivity index is 1.68. The predicted octanol–water partition coefficient (Wildman–Crippen LogP) is 3.94. The number of rotatable bonds is 9. The van der Waals surface area contributed by atoms with Crippen molar-refractivity contribution >= 4 is 5.91 Å². The summed E-state index contributed by atoms with van der Waals surface area (Å²) in [7, 11) is 0. The van der Waals surface area contributed by atoms with Crippen molar-refractivity contribution in [1.29, 1.82) is 0 Å². The first kappa shape index (κ1) is 23.0. The summed E-state index contributed by atoms with van der Waals surface area (Å²) < 4.78 is 0. The predicted molar refractivity (Wildman–Crippen MR) is 124 cm³/mol. The highest BCUT2D eigenvalue weighted by atomic mass is 16.3. The molecule has 1 aliphatic carbocycles. The third-order valence-corrected chi connectivity index (χ3v) is 5.71. The molecule has 1 aromatic carbocycles. The Morgan fingerprint density at radius 2 is 1.94 bits per heavy atom. The average molecular weight is 423 g/mol. The summed E-state index contributed by atoms with van der Waals surface area (Å²) in [5, 5.41) is 14.5. The molecule has 3 rings (SSSR count). The molecule has 6 heteroatoms. The number of hydrogen-bond acceptors (Lipinski definition) is 5. The highest BCUT2D eigenvalue weighted by Crippen LogP contribution is 2.31. The minimum absolute atomic E-state index is 0.0646. The van der Waals surface area contributed by atoms with Crippen LogP contribution in [0.3, 0.4) is 0 Å². The first-order valence-electron chi connectivity index (χ1n) is 11.0. The summed E-state index contributed by atoms with van der Waals surface area (Å²) >= 11 is 0. The smallest absolute Gasteiger partial charge is 0.242 e. The van der Waals surface area contributed by atoms with Gasteiger partial charge in [0.25, 0.3) is 0 Å². The third kappa shape index (κ3) is 5.94. The Hall–Kier alpha value is -2.67. The fraction of sp³-hybridized carbons (Fsp3) is 0.400. The van der Waals surface area contributed by atoms with Crippen molar-refractivity contribution < 1.29 is 9.90 Å². The van der Waals surface area contributed by atoms with Gasteiger partial charge in [-0.25, -0.2) is 10.0 Å². The third-order valence-electron chi connectivity index (χ3n) is 5.71. The van der Waals surface area contributed by atoms with E-state index in [0.29, 0.717) is 18.5 Å². The second kappa shape index (κ2) is 11.1. The van der Waals surface area contributed by atoms with Gasteiger partial charge >= 0.3 is 0 Å². The molecule has 1 saturated heterocycles. The maximum absolute atomic E-state index is 12.9. The summed E-state index contributed by atoms with van der Waals surface area (Å²) in [6.07, 6.45) is 7.12. The molecule has 6 nitrogen and oxygen atoms in total. The maximum atomic E-state index is 12.9. The zero-order valence-electron chi connectivity index (χ0n) is 18.5. The van der Waals surface area contributed by atoms with Gasteiger partial charge in [0.15, 0.2) is 0 Å². The number of carbonyl (C=O) groups is 1. The van der Waals surface area contributed by atoms with Crippen molar-refractivity contribution in [2.75, 3.05) is 26.2 Å². The van der Waals surface area contributed by atoms with Crippen LogP contribution in [0.1, 0.15) is 31.7 Å². The molecule has 2 N–H and O–H groups in total. The van der Waals surface area contributed by atoms with Crippen LogP contribution in [0, 0.1) is 5.92 Å². The molecular weight excluding hydrogens is 388 g/mol. The molecule has 31 heavy (non-hydrogen) atoms. The zero-order valence-corrected chi connectivity index (χ0v) is 18.5. The summed E-state index contributed by atoms with van der Waals surface area (Å²) in [5.41, 5.74) is 5.88. The summed E-state index contributed by atoms with van der Waals surface area (Å²) in [5.74, 6) is -0.156. The van der Waals surface area contributed by atoms with Gasteiger partial charge in [-0.05, 0) is 30.1 Å². The molecule has 2 aliphatic rings. The van der Waals surface area contributed by atoms with Crippen molar-refractivity contribution in [3.63, 3.8) is 0 Å². The summed E-state index contributed by atoms with van der Waals surface area (Å²) in [6.45, 7) is 14.1. The second-order valence-corrected chi connectivity index (χ2v) is 8.08. The molecule has 1 amide bonds. The quantitative estimate of drug-likeness (QED) is 0.466.